The number of carbonyl (C=O) groups is 1. The summed E-state index contributed by atoms with van der Waals surface area (Å²) in [7, 11) is 0. The predicted molar refractivity (Wildman–Crippen MR) is 86.3 cm³/mol. The van der Waals surface area contributed by atoms with Crippen molar-refractivity contribution in [2.75, 3.05) is 13.2 Å². The van der Waals surface area contributed by atoms with Gasteiger partial charge in [-0.15, -0.1) is 0 Å². The number of rotatable bonds is 6. The highest BCUT2D eigenvalue weighted by molar-refractivity contribution is 5.91. The molecule has 0 fully saturated rings. The molecule has 1 aromatic carbocycles. The van der Waals surface area contributed by atoms with E-state index in [2.05, 4.69) is 20.4 Å². The number of aliphatic hydroxyl groups excluding tert-OH is 2. The molecule has 0 saturated heterocycles. The van der Waals surface area contributed by atoms with Gasteiger partial charge in [0, 0.05) is 17.3 Å². The molecule has 3 aromatic rings. The number of aliphatic hydroxyl groups is 2. The van der Waals surface area contributed by atoms with E-state index in [1.165, 1.54) is 0 Å². The van der Waals surface area contributed by atoms with Gasteiger partial charge in [-0.1, -0.05) is 24.2 Å². The summed E-state index contributed by atoms with van der Waals surface area (Å²) in [6.45, 7) is 0.962. The van der Waals surface area contributed by atoms with Gasteiger partial charge in [-0.05, 0) is 23.9 Å². The average molecular weight is 330 g/mol. The standard InChI is InChI=1S/C16H18N4O4/c1-2-16(8-21,9-22)19-14(23)15-18-13(20-24-15)11-4-3-10-5-6-17-12(10)7-11/h3-7,17,21-22H,2,8-9H2,1H3,(H,19,23). The van der Waals surface area contributed by atoms with Crippen molar-refractivity contribution in [3.63, 3.8) is 0 Å². The van der Waals surface area contributed by atoms with Crippen molar-refractivity contribution in [1.29, 1.82) is 0 Å². The van der Waals surface area contributed by atoms with E-state index >= 15 is 0 Å². The number of carbonyl (C=O) groups excluding carboxylic acids is 1. The van der Waals surface area contributed by atoms with Gasteiger partial charge in [-0.2, -0.15) is 4.98 Å². The minimum absolute atomic E-state index is 0.226. The van der Waals surface area contributed by atoms with Crippen molar-refractivity contribution in [2.24, 2.45) is 0 Å². The highest BCUT2D eigenvalue weighted by atomic mass is 16.5. The van der Waals surface area contributed by atoms with E-state index in [1.54, 1.807) is 6.92 Å². The van der Waals surface area contributed by atoms with E-state index in [0.29, 0.717) is 12.0 Å². The van der Waals surface area contributed by atoms with Crippen molar-refractivity contribution in [3.8, 4) is 11.4 Å². The third kappa shape index (κ3) is 2.89. The molecular formula is C16H18N4O4. The fourth-order valence-electron chi connectivity index (χ4n) is 2.36. The van der Waals surface area contributed by atoms with Crippen LogP contribution in [0.4, 0.5) is 0 Å². The highest BCUT2D eigenvalue weighted by Crippen LogP contribution is 2.21. The van der Waals surface area contributed by atoms with Crippen LogP contribution in [0, 0.1) is 0 Å². The minimum Gasteiger partial charge on any atom is -0.394 e. The first-order valence-corrected chi connectivity index (χ1v) is 7.56. The molecule has 0 aliphatic rings. The number of hydrogen-bond acceptors (Lipinski definition) is 6. The summed E-state index contributed by atoms with van der Waals surface area (Å²) in [6.07, 6.45) is 2.19. The zero-order valence-electron chi connectivity index (χ0n) is 13.1. The van der Waals surface area contributed by atoms with Crippen LogP contribution in [0.3, 0.4) is 0 Å². The molecule has 2 heterocycles. The van der Waals surface area contributed by atoms with E-state index in [4.69, 9.17) is 4.52 Å². The summed E-state index contributed by atoms with van der Waals surface area (Å²) in [6, 6.07) is 7.55. The Labute approximate surface area is 137 Å². The molecule has 0 spiro atoms. The molecule has 0 unspecified atom stereocenters. The second-order valence-corrected chi connectivity index (χ2v) is 5.61. The number of fused-ring (bicyclic) bond motifs is 1. The highest BCUT2D eigenvalue weighted by Gasteiger charge is 2.31. The van der Waals surface area contributed by atoms with Crippen LogP contribution in [-0.4, -0.2) is 50.0 Å². The molecule has 1 amide bonds. The molecule has 0 aliphatic heterocycles. The third-order valence-corrected chi connectivity index (χ3v) is 4.09. The number of aromatic amines is 1. The fraction of sp³-hybridized carbons (Fsp3) is 0.312. The van der Waals surface area contributed by atoms with Crippen LogP contribution in [0.2, 0.25) is 0 Å². The van der Waals surface area contributed by atoms with Crippen molar-refractivity contribution in [1.82, 2.24) is 20.4 Å². The number of amides is 1. The lowest BCUT2D eigenvalue weighted by atomic mass is 9.98. The Hall–Kier alpha value is -2.71. The van der Waals surface area contributed by atoms with Crippen molar-refractivity contribution < 1.29 is 19.5 Å². The van der Waals surface area contributed by atoms with Gasteiger partial charge < -0.3 is 25.0 Å². The molecule has 0 bridgehead atoms. The molecule has 24 heavy (non-hydrogen) atoms. The number of hydrogen-bond donors (Lipinski definition) is 4. The van der Waals surface area contributed by atoms with Crippen molar-refractivity contribution in [2.45, 2.75) is 18.9 Å². The van der Waals surface area contributed by atoms with E-state index in [0.717, 1.165) is 10.9 Å². The maximum absolute atomic E-state index is 12.2. The summed E-state index contributed by atoms with van der Waals surface area (Å²) in [5.74, 6) is -0.581. The number of aromatic nitrogens is 3. The molecule has 2 aromatic heterocycles. The summed E-state index contributed by atoms with van der Waals surface area (Å²) in [4.78, 5) is 19.4. The monoisotopic (exact) mass is 330 g/mol. The van der Waals surface area contributed by atoms with Crippen LogP contribution in [0.15, 0.2) is 35.0 Å². The average Bonchev–Trinajstić information content (AvgIpc) is 3.28. The molecule has 8 nitrogen and oxygen atoms in total. The summed E-state index contributed by atoms with van der Waals surface area (Å²) >= 11 is 0. The number of nitrogens with zero attached hydrogens (tertiary/aromatic N) is 2. The van der Waals surface area contributed by atoms with Crippen LogP contribution < -0.4 is 5.32 Å². The quantitative estimate of drug-likeness (QED) is 0.536. The molecule has 3 rings (SSSR count). The Morgan fingerprint density at radius 1 is 1.33 bits per heavy atom. The molecule has 0 aliphatic carbocycles. The molecular weight excluding hydrogens is 312 g/mol. The number of nitrogens with one attached hydrogen (secondary N) is 2. The summed E-state index contributed by atoms with van der Waals surface area (Å²) < 4.78 is 5.01. The van der Waals surface area contributed by atoms with Gasteiger partial charge in [-0.25, -0.2) is 0 Å². The van der Waals surface area contributed by atoms with Crippen LogP contribution in [0.1, 0.15) is 24.0 Å². The summed E-state index contributed by atoms with van der Waals surface area (Å²) in [5.41, 5.74) is 0.516. The van der Waals surface area contributed by atoms with Gasteiger partial charge in [0.15, 0.2) is 0 Å². The molecule has 4 N–H and O–H groups in total. The van der Waals surface area contributed by atoms with Crippen molar-refractivity contribution in [3.05, 3.63) is 36.4 Å². The van der Waals surface area contributed by atoms with Gasteiger partial charge in [-0.3, -0.25) is 4.79 Å². The van der Waals surface area contributed by atoms with Crippen LogP contribution >= 0.6 is 0 Å². The predicted octanol–water partition coefficient (Wildman–Crippen LogP) is 1.08. The van der Waals surface area contributed by atoms with Crippen LogP contribution in [0.25, 0.3) is 22.3 Å². The normalized spacial score (nSPS) is 11.8. The van der Waals surface area contributed by atoms with E-state index < -0.39 is 24.7 Å². The molecule has 0 saturated carbocycles. The van der Waals surface area contributed by atoms with Crippen LogP contribution in [0.5, 0.6) is 0 Å². The Morgan fingerprint density at radius 3 is 2.83 bits per heavy atom. The largest absolute Gasteiger partial charge is 0.394 e. The van der Waals surface area contributed by atoms with Gasteiger partial charge in [0.2, 0.25) is 5.82 Å². The maximum Gasteiger partial charge on any atom is 0.316 e. The first-order chi connectivity index (χ1) is 11.6. The lowest BCUT2D eigenvalue weighted by molar-refractivity contribution is 0.0620. The van der Waals surface area contributed by atoms with Gasteiger partial charge in [0.05, 0.1) is 18.8 Å². The zero-order valence-corrected chi connectivity index (χ0v) is 13.1. The second-order valence-electron chi connectivity index (χ2n) is 5.61. The number of H-pyrrole nitrogens is 1. The summed E-state index contributed by atoms with van der Waals surface area (Å²) in [5, 5.41) is 26.2. The zero-order chi connectivity index (χ0) is 17.2. The van der Waals surface area contributed by atoms with E-state index in [9.17, 15) is 15.0 Å². The second kappa shape index (κ2) is 6.42. The Bertz CT molecular complexity index is 842. The molecule has 8 heteroatoms. The lowest BCUT2D eigenvalue weighted by Gasteiger charge is -2.28. The molecule has 126 valence electrons. The first kappa shape index (κ1) is 16.2. The third-order valence-electron chi connectivity index (χ3n) is 4.09. The Balaban J connectivity index is 1.83. The van der Waals surface area contributed by atoms with Gasteiger partial charge in [0.25, 0.3) is 0 Å². The van der Waals surface area contributed by atoms with Gasteiger partial charge in [0.1, 0.15) is 0 Å². The Kier molecular flexibility index (Phi) is 4.32. The van der Waals surface area contributed by atoms with Gasteiger partial charge >= 0.3 is 11.8 Å². The molecule has 0 radical (unpaired) electrons. The fourth-order valence-corrected chi connectivity index (χ4v) is 2.36. The lowest BCUT2D eigenvalue weighted by Crippen LogP contribution is -2.53. The number of benzene rings is 1. The smallest absolute Gasteiger partial charge is 0.316 e. The van der Waals surface area contributed by atoms with Crippen molar-refractivity contribution >= 4 is 16.8 Å². The SMILES string of the molecule is CCC(CO)(CO)NC(=O)c1nc(-c2ccc3cc[nH]c3c2)no1. The maximum atomic E-state index is 12.2. The molecule has 0 atom stereocenters. The topological polar surface area (TPSA) is 124 Å². The Morgan fingerprint density at radius 2 is 2.12 bits per heavy atom. The first-order valence-electron chi connectivity index (χ1n) is 7.56. The van der Waals surface area contributed by atoms with Crippen LogP contribution in [-0.2, 0) is 0 Å². The van der Waals surface area contributed by atoms with E-state index in [1.807, 2.05) is 30.5 Å². The van der Waals surface area contributed by atoms with E-state index in [-0.39, 0.29) is 11.7 Å². The minimum atomic E-state index is -1.12.